The second-order valence-corrected chi connectivity index (χ2v) is 5.79. The summed E-state index contributed by atoms with van der Waals surface area (Å²) < 4.78 is 1.18. The van der Waals surface area contributed by atoms with Crippen LogP contribution in [-0.4, -0.2) is 39.4 Å². The predicted molar refractivity (Wildman–Crippen MR) is 87.2 cm³/mol. The molecule has 3 rings (SSSR count). The number of rotatable bonds is 4. The molecule has 1 fully saturated rings. The van der Waals surface area contributed by atoms with Crippen LogP contribution in [0.2, 0.25) is 0 Å². The molecule has 1 unspecified atom stereocenters. The van der Waals surface area contributed by atoms with Crippen molar-refractivity contribution in [2.45, 2.75) is 38.3 Å². The molecule has 2 N–H and O–H groups in total. The molecule has 0 aliphatic carbocycles. The number of nitrogens with one attached hydrogen (secondary N) is 2. The van der Waals surface area contributed by atoms with E-state index in [1.54, 1.807) is 24.3 Å². The number of carbonyl (C=O) groups excluding carboxylic acids is 2. The van der Waals surface area contributed by atoms with Crippen molar-refractivity contribution in [2.75, 3.05) is 6.54 Å². The lowest BCUT2D eigenvalue weighted by atomic mass is 10.1. The predicted octanol–water partition coefficient (Wildman–Crippen LogP) is -0.0335. The highest BCUT2D eigenvalue weighted by Gasteiger charge is 2.22. The van der Waals surface area contributed by atoms with Gasteiger partial charge in [-0.05, 0) is 31.4 Å². The second kappa shape index (κ2) is 7.20. The standard InChI is InChI=1S/C16H19N5O3/c22-14(18-13-7-3-4-9-17-15(13)23)8-10-21-16(24)11-5-1-2-6-12(11)19-20-21/h1-2,5-6,13H,3-4,7-10H2,(H,17,23)(H,18,22). The average molecular weight is 329 g/mol. The van der Waals surface area contributed by atoms with Gasteiger partial charge in [0.15, 0.2) is 0 Å². The van der Waals surface area contributed by atoms with Crippen LogP contribution >= 0.6 is 0 Å². The van der Waals surface area contributed by atoms with Gasteiger partial charge >= 0.3 is 0 Å². The number of hydrogen-bond donors (Lipinski definition) is 2. The number of amides is 2. The lowest BCUT2D eigenvalue weighted by Gasteiger charge is -2.15. The molecule has 2 amide bonds. The number of fused-ring (bicyclic) bond motifs is 1. The third-order valence-electron chi connectivity index (χ3n) is 4.05. The van der Waals surface area contributed by atoms with Crippen LogP contribution < -0.4 is 16.2 Å². The van der Waals surface area contributed by atoms with Crippen molar-refractivity contribution >= 4 is 22.7 Å². The van der Waals surface area contributed by atoms with Crippen LogP contribution in [0.15, 0.2) is 29.1 Å². The minimum absolute atomic E-state index is 0.0662. The fourth-order valence-electron chi connectivity index (χ4n) is 2.72. The van der Waals surface area contributed by atoms with Crippen molar-refractivity contribution in [1.82, 2.24) is 25.6 Å². The molecule has 0 radical (unpaired) electrons. The monoisotopic (exact) mass is 329 g/mol. The first-order chi connectivity index (χ1) is 11.6. The van der Waals surface area contributed by atoms with Gasteiger partial charge in [-0.15, -0.1) is 5.10 Å². The fraction of sp³-hybridized carbons (Fsp3) is 0.438. The van der Waals surface area contributed by atoms with Crippen LogP contribution in [0.5, 0.6) is 0 Å². The SMILES string of the molecule is O=C(CCn1nnc2ccccc2c1=O)NC1CCCCNC1=O. The van der Waals surface area contributed by atoms with Crippen molar-refractivity contribution in [3.63, 3.8) is 0 Å². The van der Waals surface area contributed by atoms with E-state index in [2.05, 4.69) is 20.9 Å². The molecular weight excluding hydrogens is 310 g/mol. The molecule has 2 aromatic rings. The Bertz CT molecular complexity index is 817. The number of carbonyl (C=O) groups is 2. The first-order valence-electron chi connectivity index (χ1n) is 8.05. The van der Waals surface area contributed by atoms with E-state index in [-0.39, 0.29) is 30.3 Å². The van der Waals surface area contributed by atoms with Gasteiger partial charge in [0.1, 0.15) is 11.6 Å². The maximum atomic E-state index is 12.3. The van der Waals surface area contributed by atoms with Crippen LogP contribution in [0, 0.1) is 0 Å². The molecule has 0 bridgehead atoms. The first-order valence-corrected chi connectivity index (χ1v) is 8.05. The Morgan fingerprint density at radius 2 is 2.12 bits per heavy atom. The van der Waals surface area contributed by atoms with Crippen molar-refractivity contribution in [1.29, 1.82) is 0 Å². The number of nitrogens with zero attached hydrogens (tertiary/aromatic N) is 3. The van der Waals surface area contributed by atoms with Gasteiger partial charge in [0.05, 0.1) is 11.9 Å². The molecule has 0 saturated carbocycles. The summed E-state index contributed by atoms with van der Waals surface area (Å²) in [6.45, 7) is 0.768. The average Bonchev–Trinajstić information content (AvgIpc) is 2.79. The molecule has 2 heterocycles. The highest BCUT2D eigenvalue weighted by atomic mass is 16.2. The molecule has 126 valence electrons. The molecule has 8 heteroatoms. The summed E-state index contributed by atoms with van der Waals surface area (Å²) in [6, 6.07) is 6.43. The van der Waals surface area contributed by atoms with Crippen LogP contribution in [0.3, 0.4) is 0 Å². The van der Waals surface area contributed by atoms with Gasteiger partial charge in [-0.25, -0.2) is 4.68 Å². The minimum Gasteiger partial charge on any atom is -0.354 e. The smallest absolute Gasteiger partial charge is 0.277 e. The first kappa shape index (κ1) is 16.1. The number of hydrogen-bond acceptors (Lipinski definition) is 5. The van der Waals surface area contributed by atoms with Crippen LogP contribution in [0.4, 0.5) is 0 Å². The van der Waals surface area contributed by atoms with Crippen molar-refractivity contribution in [3.05, 3.63) is 34.6 Å². The number of aromatic nitrogens is 3. The molecule has 1 saturated heterocycles. The topological polar surface area (TPSA) is 106 Å². The zero-order valence-electron chi connectivity index (χ0n) is 13.2. The summed E-state index contributed by atoms with van der Waals surface area (Å²) in [6.07, 6.45) is 2.50. The van der Waals surface area contributed by atoms with Gasteiger partial charge in [-0.3, -0.25) is 14.4 Å². The summed E-state index contributed by atoms with van der Waals surface area (Å²) in [7, 11) is 0. The normalized spacial score (nSPS) is 18.0. The van der Waals surface area contributed by atoms with Crippen LogP contribution in [-0.2, 0) is 16.1 Å². The van der Waals surface area contributed by atoms with E-state index in [4.69, 9.17) is 0 Å². The van der Waals surface area contributed by atoms with Gasteiger partial charge in [0.25, 0.3) is 5.56 Å². The molecule has 8 nitrogen and oxygen atoms in total. The van der Waals surface area contributed by atoms with Gasteiger partial charge < -0.3 is 10.6 Å². The number of aryl methyl sites for hydroxylation is 1. The molecule has 1 aromatic heterocycles. The van der Waals surface area contributed by atoms with E-state index in [1.165, 1.54) is 4.68 Å². The maximum Gasteiger partial charge on any atom is 0.277 e. The van der Waals surface area contributed by atoms with Gasteiger partial charge in [-0.2, -0.15) is 0 Å². The Morgan fingerprint density at radius 3 is 3.00 bits per heavy atom. The molecule has 0 spiro atoms. The Hall–Kier alpha value is -2.77. The Morgan fingerprint density at radius 1 is 1.29 bits per heavy atom. The minimum atomic E-state index is -0.501. The zero-order valence-corrected chi connectivity index (χ0v) is 13.2. The lowest BCUT2D eigenvalue weighted by molar-refractivity contribution is -0.129. The lowest BCUT2D eigenvalue weighted by Crippen LogP contribution is -2.45. The summed E-state index contributed by atoms with van der Waals surface area (Å²) >= 11 is 0. The van der Waals surface area contributed by atoms with Crippen molar-refractivity contribution in [2.24, 2.45) is 0 Å². The van der Waals surface area contributed by atoms with Gasteiger partial charge in [-0.1, -0.05) is 17.3 Å². The second-order valence-electron chi connectivity index (χ2n) is 5.79. The Labute approximate surface area is 138 Å². The summed E-state index contributed by atoms with van der Waals surface area (Å²) in [5.74, 6) is -0.428. The van der Waals surface area contributed by atoms with Gasteiger partial charge in [0, 0.05) is 13.0 Å². The van der Waals surface area contributed by atoms with E-state index < -0.39 is 6.04 Å². The van der Waals surface area contributed by atoms with Crippen molar-refractivity contribution in [3.8, 4) is 0 Å². The van der Waals surface area contributed by atoms with Gasteiger partial charge in [0.2, 0.25) is 11.8 Å². The van der Waals surface area contributed by atoms with E-state index in [9.17, 15) is 14.4 Å². The maximum absolute atomic E-state index is 12.3. The summed E-state index contributed by atoms with van der Waals surface area (Å²) in [4.78, 5) is 36.2. The third-order valence-corrected chi connectivity index (χ3v) is 4.05. The molecule has 1 aliphatic heterocycles. The fourth-order valence-corrected chi connectivity index (χ4v) is 2.72. The van der Waals surface area contributed by atoms with Crippen molar-refractivity contribution < 1.29 is 9.59 Å². The largest absolute Gasteiger partial charge is 0.354 e. The Balaban J connectivity index is 1.63. The molecule has 1 aliphatic rings. The third kappa shape index (κ3) is 3.58. The van der Waals surface area contributed by atoms with Crippen LogP contribution in [0.1, 0.15) is 25.7 Å². The van der Waals surface area contributed by atoms with Crippen LogP contribution in [0.25, 0.3) is 10.9 Å². The van der Waals surface area contributed by atoms with E-state index in [1.807, 2.05) is 0 Å². The molecular formula is C16H19N5O3. The van der Waals surface area contributed by atoms with E-state index >= 15 is 0 Å². The number of benzene rings is 1. The quantitative estimate of drug-likeness (QED) is 0.819. The molecule has 24 heavy (non-hydrogen) atoms. The highest BCUT2D eigenvalue weighted by molar-refractivity contribution is 5.87. The zero-order chi connectivity index (χ0) is 16.9. The van der Waals surface area contributed by atoms with E-state index in [0.717, 1.165) is 12.8 Å². The molecule has 1 atom stereocenters. The summed E-state index contributed by atoms with van der Waals surface area (Å²) in [5, 5.41) is 13.8. The Kier molecular flexibility index (Phi) is 4.83. The highest BCUT2D eigenvalue weighted by Crippen LogP contribution is 2.06. The summed E-state index contributed by atoms with van der Waals surface area (Å²) in [5.41, 5.74) is 0.249. The molecule has 1 aromatic carbocycles. The van der Waals surface area contributed by atoms with E-state index in [0.29, 0.717) is 23.9 Å².